The van der Waals surface area contributed by atoms with Crippen molar-refractivity contribution in [1.82, 2.24) is 4.90 Å². The maximum atomic E-state index is 9.21. The average molecular weight is 157 g/mol. The van der Waals surface area contributed by atoms with Crippen LogP contribution in [0.25, 0.3) is 0 Å². The molecule has 64 valence electrons. The van der Waals surface area contributed by atoms with Gasteiger partial charge >= 0.3 is 0 Å². The highest BCUT2D eigenvalue weighted by atomic mass is 16.3. The third-order valence-corrected chi connectivity index (χ3v) is 2.25. The lowest BCUT2D eigenvalue weighted by Crippen LogP contribution is -2.35. The van der Waals surface area contributed by atoms with Gasteiger partial charge in [-0.05, 0) is 13.3 Å². The number of aliphatic hydroxyl groups excluding tert-OH is 1. The highest BCUT2D eigenvalue weighted by Crippen LogP contribution is 2.18. The zero-order valence-electron chi connectivity index (χ0n) is 6.75. The summed E-state index contributed by atoms with van der Waals surface area (Å²) in [6.07, 6.45) is 0.663. The summed E-state index contributed by atoms with van der Waals surface area (Å²) in [4.78, 5) is 1.79. The van der Waals surface area contributed by atoms with Gasteiger partial charge in [-0.15, -0.1) is 0 Å². The van der Waals surface area contributed by atoms with Crippen LogP contribution in [0.1, 0.15) is 13.3 Å². The van der Waals surface area contributed by atoms with Gasteiger partial charge in [0, 0.05) is 19.0 Å². The second-order valence-electron chi connectivity index (χ2n) is 3.12. The Bertz CT molecular complexity index is 158. The van der Waals surface area contributed by atoms with Crippen LogP contribution < -0.4 is 5.73 Å². The molecule has 0 aliphatic carbocycles. The first kappa shape index (κ1) is 8.33. The van der Waals surface area contributed by atoms with Crippen LogP contribution in [0.2, 0.25) is 0 Å². The maximum Gasteiger partial charge on any atom is 0.188 e. The number of nitrogens with one attached hydrogen (secondary N) is 1. The van der Waals surface area contributed by atoms with Crippen molar-refractivity contribution in [3.05, 3.63) is 0 Å². The summed E-state index contributed by atoms with van der Waals surface area (Å²) < 4.78 is 0. The molecule has 0 radical (unpaired) electrons. The quantitative estimate of drug-likeness (QED) is 0.357. The fourth-order valence-corrected chi connectivity index (χ4v) is 1.40. The Hall–Kier alpha value is -0.770. The summed E-state index contributed by atoms with van der Waals surface area (Å²) in [5.41, 5.74) is 5.29. The van der Waals surface area contributed by atoms with E-state index >= 15 is 0 Å². The van der Waals surface area contributed by atoms with Gasteiger partial charge in [-0.25, -0.2) is 0 Å². The van der Waals surface area contributed by atoms with Crippen molar-refractivity contribution in [2.24, 2.45) is 11.7 Å². The van der Waals surface area contributed by atoms with E-state index in [1.165, 1.54) is 0 Å². The van der Waals surface area contributed by atoms with Crippen molar-refractivity contribution < 1.29 is 5.11 Å². The lowest BCUT2D eigenvalue weighted by molar-refractivity contribution is 0.132. The SMILES string of the molecule is C[C@@H](O)[C@H]1CCN(C(=N)N)C1. The van der Waals surface area contributed by atoms with Crippen LogP contribution in [0.3, 0.4) is 0 Å². The van der Waals surface area contributed by atoms with E-state index in [0.717, 1.165) is 19.5 Å². The van der Waals surface area contributed by atoms with E-state index in [0.29, 0.717) is 5.92 Å². The normalized spacial score (nSPS) is 27.1. The van der Waals surface area contributed by atoms with Crippen LogP contribution in [0.5, 0.6) is 0 Å². The van der Waals surface area contributed by atoms with E-state index in [9.17, 15) is 5.11 Å². The number of likely N-dealkylation sites (tertiary alicyclic amines) is 1. The molecule has 0 aromatic carbocycles. The summed E-state index contributed by atoms with van der Waals surface area (Å²) in [6.45, 7) is 3.33. The molecule has 0 bridgehead atoms. The summed E-state index contributed by atoms with van der Waals surface area (Å²) in [5, 5.41) is 16.4. The van der Waals surface area contributed by atoms with E-state index < -0.39 is 0 Å². The molecule has 0 unspecified atom stereocenters. The molecule has 4 nitrogen and oxygen atoms in total. The standard InChI is InChI=1S/C7H15N3O/c1-5(11)6-2-3-10(4-6)7(8)9/h5-6,11H,2-4H2,1H3,(H3,8,9)/t5-,6+/m1/s1. The minimum Gasteiger partial charge on any atom is -0.393 e. The number of hydrogen-bond acceptors (Lipinski definition) is 2. The molecule has 1 aliphatic heterocycles. The minimum absolute atomic E-state index is 0.119. The van der Waals surface area contributed by atoms with Crippen molar-refractivity contribution in [3.8, 4) is 0 Å². The number of aliphatic hydroxyl groups is 1. The van der Waals surface area contributed by atoms with Gasteiger partial charge in [-0.1, -0.05) is 0 Å². The summed E-state index contributed by atoms with van der Waals surface area (Å²) in [5.74, 6) is 0.409. The Morgan fingerprint density at radius 1 is 1.82 bits per heavy atom. The highest BCUT2D eigenvalue weighted by molar-refractivity contribution is 5.74. The van der Waals surface area contributed by atoms with Crippen molar-refractivity contribution in [1.29, 1.82) is 5.41 Å². The zero-order chi connectivity index (χ0) is 8.43. The molecule has 0 aromatic rings. The first-order valence-electron chi connectivity index (χ1n) is 3.88. The molecular weight excluding hydrogens is 142 g/mol. The molecule has 11 heavy (non-hydrogen) atoms. The number of nitrogens with zero attached hydrogens (tertiary/aromatic N) is 1. The Morgan fingerprint density at radius 3 is 2.73 bits per heavy atom. The zero-order valence-corrected chi connectivity index (χ0v) is 6.75. The van der Waals surface area contributed by atoms with Gasteiger partial charge in [-0.3, -0.25) is 5.41 Å². The van der Waals surface area contributed by atoms with Gasteiger partial charge in [0.15, 0.2) is 5.96 Å². The number of hydrogen-bond donors (Lipinski definition) is 3. The van der Waals surface area contributed by atoms with E-state index in [-0.39, 0.29) is 12.1 Å². The Labute approximate surface area is 66.5 Å². The van der Waals surface area contributed by atoms with Crippen LogP contribution in [-0.2, 0) is 0 Å². The van der Waals surface area contributed by atoms with E-state index in [4.69, 9.17) is 11.1 Å². The Balaban J connectivity index is 2.41. The fraction of sp³-hybridized carbons (Fsp3) is 0.857. The third kappa shape index (κ3) is 1.83. The van der Waals surface area contributed by atoms with E-state index in [2.05, 4.69) is 0 Å². The monoisotopic (exact) mass is 157 g/mol. The van der Waals surface area contributed by atoms with Gasteiger partial charge < -0.3 is 15.7 Å². The highest BCUT2D eigenvalue weighted by Gasteiger charge is 2.26. The van der Waals surface area contributed by atoms with Crippen molar-refractivity contribution in [2.75, 3.05) is 13.1 Å². The molecule has 1 aliphatic rings. The van der Waals surface area contributed by atoms with Gasteiger partial charge in [0.2, 0.25) is 0 Å². The van der Waals surface area contributed by atoms with Gasteiger partial charge in [0.1, 0.15) is 0 Å². The largest absolute Gasteiger partial charge is 0.393 e. The first-order chi connectivity index (χ1) is 5.11. The van der Waals surface area contributed by atoms with Crippen LogP contribution in [0.4, 0.5) is 0 Å². The van der Waals surface area contributed by atoms with Gasteiger partial charge in [0.05, 0.1) is 6.10 Å². The van der Waals surface area contributed by atoms with E-state index in [1.54, 1.807) is 11.8 Å². The Kier molecular flexibility index (Phi) is 2.34. The molecule has 0 aromatic heterocycles. The van der Waals surface area contributed by atoms with Crippen LogP contribution >= 0.6 is 0 Å². The van der Waals surface area contributed by atoms with Gasteiger partial charge in [-0.2, -0.15) is 0 Å². The number of rotatable bonds is 1. The predicted octanol–water partition coefficient (Wildman–Crippen LogP) is -0.417. The first-order valence-corrected chi connectivity index (χ1v) is 3.88. The molecule has 4 N–H and O–H groups in total. The summed E-state index contributed by atoms with van der Waals surface area (Å²) >= 11 is 0. The lowest BCUT2D eigenvalue weighted by atomic mass is 10.0. The lowest BCUT2D eigenvalue weighted by Gasteiger charge is -2.16. The number of nitrogens with two attached hydrogens (primary N) is 1. The molecule has 1 rings (SSSR count). The minimum atomic E-state index is -0.278. The summed E-state index contributed by atoms with van der Waals surface area (Å²) in [7, 11) is 0. The smallest absolute Gasteiger partial charge is 0.188 e. The third-order valence-electron chi connectivity index (χ3n) is 2.25. The Morgan fingerprint density at radius 2 is 2.45 bits per heavy atom. The molecule has 4 heteroatoms. The molecule has 2 atom stereocenters. The topological polar surface area (TPSA) is 73.3 Å². The van der Waals surface area contributed by atoms with Crippen molar-refractivity contribution in [3.63, 3.8) is 0 Å². The fourth-order valence-electron chi connectivity index (χ4n) is 1.40. The van der Waals surface area contributed by atoms with E-state index in [1.807, 2.05) is 0 Å². The average Bonchev–Trinajstić information content (AvgIpc) is 2.33. The summed E-state index contributed by atoms with van der Waals surface area (Å²) in [6, 6.07) is 0. The van der Waals surface area contributed by atoms with Crippen molar-refractivity contribution in [2.45, 2.75) is 19.4 Å². The molecule has 0 amide bonds. The predicted molar refractivity (Wildman–Crippen MR) is 43.3 cm³/mol. The van der Waals surface area contributed by atoms with Gasteiger partial charge in [0.25, 0.3) is 0 Å². The molecule has 0 saturated carbocycles. The second kappa shape index (κ2) is 3.09. The molecule has 1 heterocycles. The second-order valence-corrected chi connectivity index (χ2v) is 3.12. The molecular formula is C7H15N3O. The molecule has 0 spiro atoms. The molecule has 1 fully saturated rings. The van der Waals surface area contributed by atoms with Crippen molar-refractivity contribution >= 4 is 5.96 Å². The maximum absolute atomic E-state index is 9.21. The number of guanidine groups is 1. The van der Waals surface area contributed by atoms with Crippen LogP contribution in [0, 0.1) is 11.3 Å². The van der Waals surface area contributed by atoms with Crippen LogP contribution in [0.15, 0.2) is 0 Å². The molecule has 1 saturated heterocycles. The van der Waals surface area contributed by atoms with Crippen LogP contribution in [-0.4, -0.2) is 35.2 Å².